The first-order valence-electron chi connectivity index (χ1n) is 7.96. The number of carbonyl (C=O) groups is 1. The van der Waals surface area contributed by atoms with Gasteiger partial charge in [0.15, 0.2) is 0 Å². The minimum absolute atomic E-state index is 0.522. The van der Waals surface area contributed by atoms with E-state index in [-0.39, 0.29) is 0 Å². The summed E-state index contributed by atoms with van der Waals surface area (Å²) in [6.07, 6.45) is 12.9. The van der Waals surface area contributed by atoms with Crippen LogP contribution < -0.4 is 5.73 Å². The van der Waals surface area contributed by atoms with Crippen LogP contribution >= 0.6 is 0 Å². The van der Waals surface area contributed by atoms with Crippen molar-refractivity contribution < 1.29 is 4.79 Å². The SMILES string of the molecule is NC1C[C@H]2CC[C@@H](C1)C2.O=C1C[C@H]2CC[C@@H](C1)C2. The van der Waals surface area contributed by atoms with Crippen LogP contribution in [0.4, 0.5) is 0 Å². The highest BCUT2D eigenvalue weighted by Gasteiger charge is 2.33. The molecule has 0 aliphatic heterocycles. The lowest BCUT2D eigenvalue weighted by atomic mass is 9.86. The fourth-order valence-electron chi connectivity index (χ4n) is 4.84. The molecule has 5 atom stereocenters. The fourth-order valence-corrected chi connectivity index (χ4v) is 4.84. The molecule has 0 aromatic carbocycles. The van der Waals surface area contributed by atoms with Crippen LogP contribution in [-0.4, -0.2) is 11.8 Å². The van der Waals surface area contributed by atoms with Crippen molar-refractivity contribution in [1.82, 2.24) is 0 Å². The maximum absolute atomic E-state index is 10.9. The summed E-state index contributed by atoms with van der Waals surface area (Å²) in [6, 6.07) is 0.552. The highest BCUT2D eigenvalue weighted by atomic mass is 16.1. The third-order valence-corrected chi connectivity index (χ3v) is 5.60. The Labute approximate surface area is 111 Å². The van der Waals surface area contributed by atoms with E-state index in [1.165, 1.54) is 51.4 Å². The van der Waals surface area contributed by atoms with Crippen LogP contribution in [0.5, 0.6) is 0 Å². The third-order valence-electron chi connectivity index (χ3n) is 5.60. The maximum atomic E-state index is 10.9. The number of nitrogens with two attached hydrogens (primary N) is 1. The van der Waals surface area contributed by atoms with E-state index < -0.39 is 0 Å². The lowest BCUT2D eigenvalue weighted by Crippen LogP contribution is -2.28. The van der Waals surface area contributed by atoms with Crippen LogP contribution in [-0.2, 0) is 4.79 Å². The minimum atomic E-state index is 0.522. The van der Waals surface area contributed by atoms with Gasteiger partial charge in [-0.1, -0.05) is 12.8 Å². The van der Waals surface area contributed by atoms with Crippen molar-refractivity contribution in [1.29, 1.82) is 0 Å². The number of hydrogen-bond donors (Lipinski definition) is 1. The van der Waals surface area contributed by atoms with Crippen LogP contribution in [0.2, 0.25) is 0 Å². The van der Waals surface area contributed by atoms with Crippen molar-refractivity contribution in [2.45, 2.75) is 70.3 Å². The summed E-state index contributed by atoms with van der Waals surface area (Å²) in [6.45, 7) is 0. The van der Waals surface area contributed by atoms with E-state index in [0.29, 0.717) is 11.8 Å². The van der Waals surface area contributed by atoms with Crippen molar-refractivity contribution in [3.63, 3.8) is 0 Å². The second-order valence-electron chi connectivity index (χ2n) is 7.27. The predicted molar refractivity (Wildman–Crippen MR) is 73.1 cm³/mol. The van der Waals surface area contributed by atoms with Gasteiger partial charge in [0.2, 0.25) is 0 Å². The molecule has 4 aliphatic carbocycles. The largest absolute Gasteiger partial charge is 0.328 e. The molecule has 4 rings (SSSR count). The van der Waals surface area contributed by atoms with Crippen molar-refractivity contribution in [3.8, 4) is 0 Å². The Morgan fingerprint density at radius 3 is 1.72 bits per heavy atom. The zero-order valence-corrected chi connectivity index (χ0v) is 11.4. The fraction of sp³-hybridized carbons (Fsp3) is 0.938. The number of Topliss-reactive ketones (excluding diaryl/α,β-unsaturated/α-hetero) is 1. The lowest BCUT2D eigenvalue weighted by molar-refractivity contribution is -0.121. The molecule has 4 aliphatic rings. The van der Waals surface area contributed by atoms with E-state index in [1.54, 1.807) is 0 Å². The van der Waals surface area contributed by atoms with Crippen molar-refractivity contribution in [2.24, 2.45) is 29.4 Å². The molecule has 2 nitrogen and oxygen atoms in total. The van der Waals surface area contributed by atoms with Gasteiger partial charge in [-0.25, -0.2) is 0 Å². The van der Waals surface area contributed by atoms with Gasteiger partial charge in [0.25, 0.3) is 0 Å². The molecule has 0 aromatic heterocycles. The summed E-state index contributed by atoms with van der Waals surface area (Å²) in [5, 5.41) is 0. The normalized spacial score (nSPS) is 45.6. The molecule has 1 unspecified atom stereocenters. The van der Waals surface area contributed by atoms with Gasteiger partial charge in [-0.15, -0.1) is 0 Å². The molecule has 0 saturated heterocycles. The molecule has 0 aromatic rings. The van der Waals surface area contributed by atoms with Gasteiger partial charge in [0, 0.05) is 18.9 Å². The van der Waals surface area contributed by atoms with Gasteiger partial charge >= 0.3 is 0 Å². The maximum Gasteiger partial charge on any atom is 0.133 e. The molecule has 4 fully saturated rings. The Morgan fingerprint density at radius 1 is 0.722 bits per heavy atom. The summed E-state index contributed by atoms with van der Waals surface area (Å²) in [4.78, 5) is 10.9. The van der Waals surface area contributed by atoms with Gasteiger partial charge in [-0.05, 0) is 62.2 Å². The third kappa shape index (κ3) is 2.96. The van der Waals surface area contributed by atoms with E-state index in [9.17, 15) is 4.79 Å². The van der Waals surface area contributed by atoms with Crippen molar-refractivity contribution in [2.75, 3.05) is 0 Å². The average Bonchev–Trinajstić information content (AvgIpc) is 2.83. The number of hydrogen-bond acceptors (Lipinski definition) is 2. The highest BCUT2D eigenvalue weighted by molar-refractivity contribution is 5.79. The Bertz CT molecular complexity index is 288. The quantitative estimate of drug-likeness (QED) is 0.716. The molecule has 0 heterocycles. The van der Waals surface area contributed by atoms with Gasteiger partial charge in [-0.3, -0.25) is 4.79 Å². The molecule has 2 N–H and O–H groups in total. The molecule has 18 heavy (non-hydrogen) atoms. The highest BCUT2D eigenvalue weighted by Crippen LogP contribution is 2.41. The molecule has 2 heteroatoms. The first-order valence-corrected chi connectivity index (χ1v) is 7.96. The Balaban J connectivity index is 0.000000111. The number of ketones is 1. The zero-order valence-electron chi connectivity index (χ0n) is 11.4. The van der Waals surface area contributed by atoms with Gasteiger partial charge in [-0.2, -0.15) is 0 Å². The Kier molecular flexibility index (Phi) is 3.74. The monoisotopic (exact) mass is 249 g/mol. The van der Waals surface area contributed by atoms with Crippen molar-refractivity contribution >= 4 is 5.78 Å². The molecule has 0 radical (unpaired) electrons. The summed E-state index contributed by atoms with van der Waals surface area (Å²) in [5.74, 6) is 4.12. The number of carbonyl (C=O) groups excluding carboxylic acids is 1. The molecule has 0 amide bonds. The summed E-state index contributed by atoms with van der Waals surface area (Å²) < 4.78 is 0. The topological polar surface area (TPSA) is 43.1 Å². The molecule has 102 valence electrons. The first kappa shape index (κ1) is 12.7. The van der Waals surface area contributed by atoms with Gasteiger partial charge < -0.3 is 5.73 Å². The van der Waals surface area contributed by atoms with E-state index in [2.05, 4.69) is 0 Å². The lowest BCUT2D eigenvalue weighted by Gasteiger charge is -2.23. The Hall–Kier alpha value is -0.370. The molecule has 4 bridgehead atoms. The standard InChI is InChI=1S/C8H15N.C8H12O/c2*9-8-4-6-1-2-7(3-6)5-8/h6-8H,1-5,9H2;6-7H,1-5H2/t6-,7+,8?;6-,7+. The second-order valence-corrected chi connectivity index (χ2v) is 7.27. The Morgan fingerprint density at radius 2 is 1.17 bits per heavy atom. The second kappa shape index (κ2) is 5.32. The molecule has 4 saturated carbocycles. The van der Waals surface area contributed by atoms with Gasteiger partial charge in [0.1, 0.15) is 5.78 Å². The average molecular weight is 249 g/mol. The summed E-state index contributed by atoms with van der Waals surface area (Å²) >= 11 is 0. The van der Waals surface area contributed by atoms with Gasteiger partial charge in [0.05, 0.1) is 0 Å². The smallest absolute Gasteiger partial charge is 0.133 e. The summed E-state index contributed by atoms with van der Waals surface area (Å²) in [7, 11) is 0. The number of fused-ring (bicyclic) bond motifs is 4. The van der Waals surface area contributed by atoms with Crippen LogP contribution in [0.1, 0.15) is 64.2 Å². The van der Waals surface area contributed by atoms with E-state index >= 15 is 0 Å². The van der Waals surface area contributed by atoms with Crippen molar-refractivity contribution in [3.05, 3.63) is 0 Å². The number of rotatable bonds is 0. The molecular formula is C16H27NO. The van der Waals surface area contributed by atoms with Crippen LogP contribution in [0.25, 0.3) is 0 Å². The van der Waals surface area contributed by atoms with Crippen LogP contribution in [0, 0.1) is 23.7 Å². The first-order chi connectivity index (χ1) is 8.69. The van der Waals surface area contributed by atoms with E-state index in [0.717, 1.165) is 36.5 Å². The summed E-state index contributed by atoms with van der Waals surface area (Å²) in [5.41, 5.74) is 5.86. The van der Waals surface area contributed by atoms with E-state index in [1.807, 2.05) is 0 Å². The predicted octanol–water partition coefficient (Wildman–Crippen LogP) is 3.29. The molecular weight excluding hydrogens is 222 g/mol. The van der Waals surface area contributed by atoms with Crippen LogP contribution in [0.15, 0.2) is 0 Å². The van der Waals surface area contributed by atoms with Crippen LogP contribution in [0.3, 0.4) is 0 Å². The zero-order chi connectivity index (χ0) is 12.5. The minimum Gasteiger partial charge on any atom is -0.328 e. The van der Waals surface area contributed by atoms with E-state index in [4.69, 9.17) is 5.73 Å². The molecule has 0 spiro atoms.